The number of aliphatic hydroxyl groups excluding tert-OH is 1. The Morgan fingerprint density at radius 2 is 2.11 bits per heavy atom. The zero-order chi connectivity index (χ0) is 19.6. The highest BCUT2D eigenvalue weighted by Crippen LogP contribution is 2.31. The molecule has 4 nitrogen and oxygen atoms in total. The van der Waals surface area contributed by atoms with Gasteiger partial charge in [-0.1, -0.05) is 12.0 Å². The molecule has 1 aliphatic rings. The number of rotatable bonds is 3. The summed E-state index contributed by atoms with van der Waals surface area (Å²) >= 11 is 0. The Bertz CT molecular complexity index is 865. The second-order valence-electron chi connectivity index (χ2n) is 6.75. The van der Waals surface area contributed by atoms with Crippen molar-refractivity contribution in [1.29, 1.82) is 0 Å². The van der Waals surface area contributed by atoms with Crippen LogP contribution >= 0.6 is 0 Å². The molecule has 3 rings (SSSR count). The van der Waals surface area contributed by atoms with E-state index in [2.05, 4.69) is 17.2 Å². The third-order valence-corrected chi connectivity index (χ3v) is 4.66. The van der Waals surface area contributed by atoms with Gasteiger partial charge >= 0.3 is 6.18 Å². The molecule has 1 aromatic heterocycles. The number of nitrogens with zero attached hydrogens (tertiary/aromatic N) is 2. The van der Waals surface area contributed by atoms with Crippen molar-refractivity contribution in [3.05, 3.63) is 30.0 Å². The van der Waals surface area contributed by atoms with E-state index < -0.39 is 31.5 Å². The molecule has 0 aliphatic carbocycles. The lowest BCUT2D eigenvalue weighted by Gasteiger charge is -2.33. The molecular weight excluding hydrogens is 362 g/mol. The van der Waals surface area contributed by atoms with E-state index in [1.165, 1.54) is 0 Å². The number of aromatic nitrogens is 1. The van der Waals surface area contributed by atoms with Crippen LogP contribution in [0.1, 0.15) is 12.1 Å². The van der Waals surface area contributed by atoms with Gasteiger partial charge in [0.05, 0.1) is 17.3 Å². The number of likely N-dealkylation sites (tertiary alicyclic amines) is 1. The summed E-state index contributed by atoms with van der Waals surface area (Å²) < 4.78 is 54.5. The summed E-state index contributed by atoms with van der Waals surface area (Å²) in [5, 5.41) is 12.6. The lowest BCUT2D eigenvalue weighted by atomic mass is 10.0. The van der Waals surface area contributed by atoms with Crippen LogP contribution in [0.15, 0.2) is 24.3 Å². The number of piperidine rings is 1. The molecule has 146 valence electrons. The lowest BCUT2D eigenvalue weighted by Crippen LogP contribution is -2.46. The minimum Gasteiger partial charge on any atom is -0.384 e. The summed E-state index contributed by atoms with van der Waals surface area (Å²) in [6, 6.07) is 6.11. The van der Waals surface area contributed by atoms with E-state index in [-0.39, 0.29) is 5.69 Å². The quantitative estimate of drug-likeness (QED) is 0.633. The summed E-state index contributed by atoms with van der Waals surface area (Å²) in [6.07, 6.45) is -4.87. The van der Waals surface area contributed by atoms with Crippen LogP contribution in [-0.4, -0.2) is 59.7 Å². The molecule has 2 heterocycles. The average molecular weight is 383 g/mol. The normalized spacial score (nSPS) is 21.1. The van der Waals surface area contributed by atoms with Gasteiger partial charge in [-0.05, 0) is 37.6 Å². The molecule has 27 heavy (non-hydrogen) atoms. The first-order valence-electron chi connectivity index (χ1n) is 8.66. The number of halogens is 4. The number of hydrogen-bond acceptors (Lipinski definition) is 3. The highest BCUT2D eigenvalue weighted by Gasteiger charge is 2.31. The van der Waals surface area contributed by atoms with Crippen molar-refractivity contribution >= 4 is 16.6 Å². The molecule has 1 aromatic carbocycles. The van der Waals surface area contributed by atoms with Gasteiger partial charge in [0, 0.05) is 24.2 Å². The predicted molar refractivity (Wildman–Crippen MR) is 96.4 cm³/mol. The minimum absolute atomic E-state index is 0.158. The fourth-order valence-electron chi connectivity index (χ4n) is 3.41. The van der Waals surface area contributed by atoms with Gasteiger partial charge in [-0.15, -0.1) is 0 Å². The van der Waals surface area contributed by atoms with Gasteiger partial charge in [0.25, 0.3) is 0 Å². The molecule has 1 fully saturated rings. The van der Waals surface area contributed by atoms with Gasteiger partial charge in [-0.3, -0.25) is 0 Å². The van der Waals surface area contributed by atoms with Gasteiger partial charge in [-0.25, -0.2) is 4.39 Å². The standard InChI is InChI=1S/C19H21F4N3O/c1-25-8-7-17(15(20)11-25)24-16-5-2-6-18-14(16)10-13(4-3-9-27)26(18)12-19(21,22)23/h2,5-6,10,15,17,24,27H,7-9,11-12H2,1H3/t15-,17+/m0/s1. The van der Waals surface area contributed by atoms with Crippen molar-refractivity contribution < 1.29 is 22.7 Å². The van der Waals surface area contributed by atoms with E-state index in [1.807, 2.05) is 11.9 Å². The molecule has 0 unspecified atom stereocenters. The Balaban J connectivity index is 2.00. The Labute approximate surface area is 154 Å². The zero-order valence-corrected chi connectivity index (χ0v) is 14.9. The molecule has 2 N–H and O–H groups in total. The third-order valence-electron chi connectivity index (χ3n) is 4.66. The van der Waals surface area contributed by atoms with Crippen LogP contribution in [0.5, 0.6) is 0 Å². The predicted octanol–water partition coefficient (Wildman–Crippen LogP) is 3.00. The molecule has 0 spiro atoms. The van der Waals surface area contributed by atoms with E-state index in [0.29, 0.717) is 29.6 Å². The summed E-state index contributed by atoms with van der Waals surface area (Å²) in [5.74, 6) is 4.97. The van der Waals surface area contributed by atoms with E-state index in [4.69, 9.17) is 5.11 Å². The molecule has 0 amide bonds. The van der Waals surface area contributed by atoms with Gasteiger partial charge in [0.1, 0.15) is 19.3 Å². The number of alkyl halides is 4. The number of nitrogens with one attached hydrogen (secondary N) is 1. The molecule has 2 atom stereocenters. The number of hydrogen-bond donors (Lipinski definition) is 2. The Morgan fingerprint density at radius 1 is 1.33 bits per heavy atom. The first kappa shape index (κ1) is 19.5. The van der Waals surface area contributed by atoms with E-state index in [1.54, 1.807) is 24.3 Å². The highest BCUT2D eigenvalue weighted by molar-refractivity contribution is 5.94. The molecule has 1 saturated heterocycles. The molecule has 0 bridgehead atoms. The molecule has 1 aliphatic heterocycles. The molecule has 8 heteroatoms. The third kappa shape index (κ3) is 4.54. The van der Waals surface area contributed by atoms with Crippen molar-refractivity contribution in [1.82, 2.24) is 9.47 Å². The maximum atomic E-state index is 14.3. The van der Waals surface area contributed by atoms with Crippen LogP contribution in [0.2, 0.25) is 0 Å². The average Bonchev–Trinajstić information content (AvgIpc) is 2.92. The largest absolute Gasteiger partial charge is 0.406 e. The summed E-state index contributed by atoms with van der Waals surface area (Å²) in [6.45, 7) is -0.570. The monoisotopic (exact) mass is 383 g/mol. The van der Waals surface area contributed by atoms with Crippen molar-refractivity contribution in [2.24, 2.45) is 0 Å². The Kier molecular flexibility index (Phi) is 5.63. The number of benzene rings is 1. The van der Waals surface area contributed by atoms with E-state index in [0.717, 1.165) is 11.1 Å². The lowest BCUT2D eigenvalue weighted by molar-refractivity contribution is -0.140. The van der Waals surface area contributed by atoms with Crippen LogP contribution < -0.4 is 5.32 Å². The summed E-state index contributed by atoms with van der Waals surface area (Å²) in [7, 11) is 1.85. The van der Waals surface area contributed by atoms with E-state index in [9.17, 15) is 17.6 Å². The van der Waals surface area contributed by atoms with Crippen LogP contribution in [0.3, 0.4) is 0 Å². The molecular formula is C19H21F4N3O. The highest BCUT2D eigenvalue weighted by atomic mass is 19.4. The van der Waals surface area contributed by atoms with Crippen molar-refractivity contribution in [3.8, 4) is 11.8 Å². The Morgan fingerprint density at radius 3 is 2.78 bits per heavy atom. The summed E-state index contributed by atoms with van der Waals surface area (Å²) in [5.41, 5.74) is 1.10. The van der Waals surface area contributed by atoms with Crippen molar-refractivity contribution in [2.45, 2.75) is 31.4 Å². The van der Waals surface area contributed by atoms with Gasteiger partial charge < -0.3 is 19.9 Å². The Hall–Kier alpha value is -2.24. The number of aliphatic hydroxyl groups is 1. The smallest absolute Gasteiger partial charge is 0.384 e. The maximum Gasteiger partial charge on any atom is 0.406 e. The van der Waals surface area contributed by atoms with Crippen LogP contribution in [0, 0.1) is 11.8 Å². The van der Waals surface area contributed by atoms with Crippen LogP contribution in [-0.2, 0) is 6.54 Å². The number of anilines is 1. The topological polar surface area (TPSA) is 40.4 Å². The second kappa shape index (κ2) is 7.79. The van der Waals surface area contributed by atoms with Gasteiger partial charge in [0.2, 0.25) is 0 Å². The van der Waals surface area contributed by atoms with E-state index >= 15 is 0 Å². The first-order chi connectivity index (χ1) is 12.8. The van der Waals surface area contributed by atoms with Crippen molar-refractivity contribution in [2.75, 3.05) is 32.1 Å². The fourth-order valence-corrected chi connectivity index (χ4v) is 3.41. The molecule has 2 aromatic rings. The molecule has 0 radical (unpaired) electrons. The van der Waals surface area contributed by atoms with Crippen LogP contribution in [0.25, 0.3) is 10.9 Å². The summed E-state index contributed by atoms with van der Waals surface area (Å²) in [4.78, 5) is 1.91. The zero-order valence-electron chi connectivity index (χ0n) is 14.9. The number of fused-ring (bicyclic) bond motifs is 1. The maximum absolute atomic E-state index is 14.3. The molecule has 0 saturated carbocycles. The van der Waals surface area contributed by atoms with Gasteiger partial charge in [0.15, 0.2) is 0 Å². The minimum atomic E-state index is -4.41. The SMILES string of the molecule is CN1CC[C@@H](Nc2cccc3c2cc(C#CCO)n3CC(F)(F)F)[C@@H](F)C1. The first-order valence-corrected chi connectivity index (χ1v) is 8.66. The van der Waals surface area contributed by atoms with Crippen molar-refractivity contribution in [3.63, 3.8) is 0 Å². The van der Waals surface area contributed by atoms with Gasteiger partial charge in [-0.2, -0.15) is 13.2 Å². The van der Waals surface area contributed by atoms with Crippen LogP contribution in [0.4, 0.5) is 23.2 Å². The fraction of sp³-hybridized carbons (Fsp3) is 0.474. The second-order valence-corrected chi connectivity index (χ2v) is 6.75.